The number of fused-ring (bicyclic) bond motifs is 9. The highest BCUT2D eigenvalue weighted by Crippen LogP contribution is 2.43. The van der Waals surface area contributed by atoms with Crippen molar-refractivity contribution in [3.63, 3.8) is 0 Å². The molecule has 69 heavy (non-hydrogen) atoms. The van der Waals surface area contributed by atoms with Gasteiger partial charge in [-0.25, -0.2) is 4.98 Å². The molecule has 10 aromatic carbocycles. The number of aromatic nitrogens is 4. The lowest BCUT2D eigenvalue weighted by atomic mass is 9.93. The van der Waals surface area contributed by atoms with Crippen LogP contribution in [0.4, 0.5) is 0 Å². The van der Waals surface area contributed by atoms with E-state index in [0.29, 0.717) is 17.6 Å². The smallest absolute Gasteiger partial charge is 0.238 e. The van der Waals surface area contributed by atoms with E-state index < -0.39 is 0 Å². The van der Waals surface area contributed by atoms with Gasteiger partial charge in [0.25, 0.3) is 0 Å². The summed E-state index contributed by atoms with van der Waals surface area (Å²) in [6.07, 6.45) is 0. The Labute approximate surface area is 396 Å². The van der Waals surface area contributed by atoms with Crippen molar-refractivity contribution < 1.29 is 8.83 Å². The van der Waals surface area contributed by atoms with Gasteiger partial charge in [-0.2, -0.15) is 9.97 Å². The van der Waals surface area contributed by atoms with Gasteiger partial charge < -0.3 is 8.83 Å². The largest absolute Gasteiger partial charge is 0.456 e. The van der Waals surface area contributed by atoms with Crippen molar-refractivity contribution in [1.82, 2.24) is 19.5 Å². The van der Waals surface area contributed by atoms with E-state index in [1.807, 2.05) is 66.7 Å². The fourth-order valence-corrected chi connectivity index (χ4v) is 10.2. The predicted octanol–water partition coefficient (Wildman–Crippen LogP) is 16.8. The second-order valence-corrected chi connectivity index (χ2v) is 17.5. The minimum absolute atomic E-state index is 0.520. The molecule has 0 atom stereocenters. The van der Waals surface area contributed by atoms with Gasteiger partial charge in [0.1, 0.15) is 22.3 Å². The first-order valence-corrected chi connectivity index (χ1v) is 23.2. The molecule has 14 aromatic rings. The van der Waals surface area contributed by atoms with Crippen LogP contribution in [-0.2, 0) is 0 Å². The summed E-state index contributed by atoms with van der Waals surface area (Å²) in [6, 6.07) is 80.6. The zero-order valence-corrected chi connectivity index (χ0v) is 37.0. The quantitative estimate of drug-likeness (QED) is 0.159. The van der Waals surface area contributed by atoms with Crippen LogP contribution >= 0.6 is 0 Å². The van der Waals surface area contributed by atoms with Crippen LogP contribution in [-0.4, -0.2) is 19.5 Å². The summed E-state index contributed by atoms with van der Waals surface area (Å²) >= 11 is 0. The maximum absolute atomic E-state index is 6.49. The molecule has 0 fully saturated rings. The molecular weight excluding hydrogens is 845 g/mol. The van der Waals surface area contributed by atoms with Crippen molar-refractivity contribution in [2.75, 3.05) is 0 Å². The molecule has 0 radical (unpaired) electrons. The normalized spacial score (nSPS) is 11.8. The number of benzene rings is 10. The molecule has 14 rings (SSSR count). The topological polar surface area (TPSA) is 69.9 Å². The highest BCUT2D eigenvalue weighted by atomic mass is 16.3. The zero-order chi connectivity index (χ0) is 45.4. The fraction of sp³-hybridized carbons (Fsp3) is 0. The van der Waals surface area contributed by atoms with Crippen molar-refractivity contribution in [3.8, 4) is 73.2 Å². The van der Waals surface area contributed by atoms with Crippen molar-refractivity contribution in [2.45, 2.75) is 0 Å². The van der Waals surface area contributed by atoms with Crippen LogP contribution in [0.5, 0.6) is 0 Å². The summed E-state index contributed by atoms with van der Waals surface area (Å²) in [7, 11) is 0. The minimum Gasteiger partial charge on any atom is -0.456 e. The van der Waals surface area contributed by atoms with E-state index in [0.717, 1.165) is 121 Å². The average molecular weight is 883 g/mol. The van der Waals surface area contributed by atoms with E-state index in [4.69, 9.17) is 23.8 Å². The Morgan fingerprint density at radius 2 is 0.841 bits per heavy atom. The number of furan rings is 2. The van der Waals surface area contributed by atoms with E-state index in [1.54, 1.807) is 0 Å². The summed E-state index contributed by atoms with van der Waals surface area (Å²) < 4.78 is 15.1. The number of hydrogen-bond donors (Lipinski definition) is 0. The molecule has 0 aliphatic carbocycles. The highest BCUT2D eigenvalue weighted by Gasteiger charge is 2.23. The molecule has 6 nitrogen and oxygen atoms in total. The van der Waals surface area contributed by atoms with Crippen molar-refractivity contribution in [2.24, 2.45) is 0 Å². The second kappa shape index (κ2) is 15.6. The third-order valence-corrected chi connectivity index (χ3v) is 13.5. The Hall–Kier alpha value is -9.39. The Morgan fingerprint density at radius 1 is 0.290 bits per heavy atom. The van der Waals surface area contributed by atoms with Gasteiger partial charge in [0, 0.05) is 54.6 Å². The van der Waals surface area contributed by atoms with Gasteiger partial charge in [0.05, 0.1) is 11.0 Å². The lowest BCUT2D eigenvalue weighted by molar-refractivity contribution is 0.669. The van der Waals surface area contributed by atoms with Gasteiger partial charge in [-0.15, -0.1) is 0 Å². The third-order valence-electron chi connectivity index (χ3n) is 13.5. The van der Waals surface area contributed by atoms with E-state index in [-0.39, 0.29) is 0 Å². The number of hydrogen-bond acceptors (Lipinski definition) is 5. The van der Waals surface area contributed by atoms with Crippen LogP contribution in [0.2, 0.25) is 0 Å². The third kappa shape index (κ3) is 6.45. The van der Waals surface area contributed by atoms with Crippen LogP contribution in [0.15, 0.2) is 239 Å². The Balaban J connectivity index is 0.990. The first-order valence-electron chi connectivity index (χ1n) is 23.2. The lowest BCUT2D eigenvalue weighted by Gasteiger charge is -2.15. The van der Waals surface area contributed by atoms with Gasteiger partial charge in [-0.3, -0.25) is 4.57 Å². The summed E-state index contributed by atoms with van der Waals surface area (Å²) in [5, 5.41) is 6.55. The van der Waals surface area contributed by atoms with Crippen LogP contribution in [0.3, 0.4) is 0 Å². The van der Waals surface area contributed by atoms with Gasteiger partial charge in [0.15, 0.2) is 11.6 Å². The zero-order valence-electron chi connectivity index (χ0n) is 37.0. The average Bonchev–Trinajstić information content (AvgIpc) is 4.11. The monoisotopic (exact) mass is 882 g/mol. The Kier molecular flexibility index (Phi) is 8.79. The summed E-state index contributed by atoms with van der Waals surface area (Å²) in [5.41, 5.74) is 15.9. The molecule has 0 saturated carbocycles. The van der Waals surface area contributed by atoms with Crippen LogP contribution in [0.1, 0.15) is 0 Å². The van der Waals surface area contributed by atoms with Crippen molar-refractivity contribution in [3.05, 3.63) is 231 Å². The van der Waals surface area contributed by atoms with Gasteiger partial charge in [0.2, 0.25) is 5.95 Å². The Morgan fingerprint density at radius 3 is 1.59 bits per heavy atom. The fourth-order valence-electron chi connectivity index (χ4n) is 10.2. The number of nitrogens with zero attached hydrogens (tertiary/aromatic N) is 4. The van der Waals surface area contributed by atoms with Crippen LogP contribution < -0.4 is 0 Å². The molecule has 0 bridgehead atoms. The summed E-state index contributed by atoms with van der Waals surface area (Å²) in [4.78, 5) is 15.9. The van der Waals surface area contributed by atoms with Gasteiger partial charge in [-0.1, -0.05) is 176 Å². The minimum atomic E-state index is 0.520. The van der Waals surface area contributed by atoms with Gasteiger partial charge in [-0.05, 0) is 88.0 Å². The SMILES string of the molecule is c1ccc(-c2cc(-c3cccc(-c4cccc(-c5cccc6c5oc5ccccc56)c4)c3)c3c(c2)c2ccccc2n3-c2nc(-c3ccccc3)nc(-c3ccc4c(c3)oc3ccccc34)n2)cc1. The van der Waals surface area contributed by atoms with Crippen molar-refractivity contribution >= 4 is 65.7 Å². The second-order valence-electron chi connectivity index (χ2n) is 17.5. The molecule has 4 heterocycles. The maximum atomic E-state index is 6.49. The summed E-state index contributed by atoms with van der Waals surface area (Å²) in [6.45, 7) is 0. The first kappa shape index (κ1) is 38.8. The molecular formula is C63H38N4O2. The van der Waals surface area contributed by atoms with E-state index >= 15 is 0 Å². The molecule has 0 N–H and O–H groups in total. The molecule has 322 valence electrons. The van der Waals surface area contributed by atoms with Crippen LogP contribution in [0, 0.1) is 0 Å². The number of para-hydroxylation sites is 4. The number of rotatable bonds is 7. The molecule has 0 aliphatic rings. The standard InChI is InChI=1S/C63H38N4O2/c1-3-16-39(17-4-1)46-36-53(44-23-14-21-42(35-44)41-20-13-22-43(34-41)47-27-15-28-52-50-26-9-12-31-57(50)69-60(47)52)59-54(37-46)48-24-7-10-29-55(48)67(59)63-65-61(40-18-5-2-6-19-40)64-62(66-63)45-32-33-51-49-25-8-11-30-56(49)68-58(51)38-45/h1-38H. The van der Waals surface area contributed by atoms with Crippen molar-refractivity contribution in [1.29, 1.82) is 0 Å². The molecule has 0 aliphatic heterocycles. The maximum Gasteiger partial charge on any atom is 0.238 e. The highest BCUT2D eigenvalue weighted by molar-refractivity contribution is 6.15. The van der Waals surface area contributed by atoms with E-state index in [9.17, 15) is 0 Å². The molecule has 6 heteroatoms. The van der Waals surface area contributed by atoms with Crippen LogP contribution in [0.25, 0.3) is 139 Å². The Bertz CT molecular complexity index is 4320. The van der Waals surface area contributed by atoms with E-state index in [1.165, 1.54) is 0 Å². The predicted molar refractivity (Wildman–Crippen MR) is 281 cm³/mol. The molecule has 4 aromatic heterocycles. The summed E-state index contributed by atoms with van der Waals surface area (Å²) in [5.74, 6) is 1.65. The van der Waals surface area contributed by atoms with Gasteiger partial charge >= 0.3 is 0 Å². The molecule has 0 unspecified atom stereocenters. The lowest BCUT2D eigenvalue weighted by Crippen LogP contribution is -2.07. The molecule has 0 saturated heterocycles. The van der Waals surface area contributed by atoms with E-state index in [2.05, 4.69) is 168 Å². The first-order chi connectivity index (χ1) is 34.2. The molecule has 0 spiro atoms. The molecule has 0 amide bonds.